The van der Waals surface area contributed by atoms with Crippen LogP contribution in [0, 0.1) is 6.92 Å². The van der Waals surface area contributed by atoms with E-state index >= 15 is 0 Å². The van der Waals surface area contributed by atoms with Crippen molar-refractivity contribution in [1.82, 2.24) is 14.8 Å². The van der Waals surface area contributed by atoms with Gasteiger partial charge >= 0.3 is 0 Å². The van der Waals surface area contributed by atoms with Crippen LogP contribution < -0.4 is 5.73 Å². The van der Waals surface area contributed by atoms with Crippen LogP contribution in [0.25, 0.3) is 22.2 Å². The lowest BCUT2D eigenvalue weighted by Gasteiger charge is -1.99. The van der Waals surface area contributed by atoms with Gasteiger partial charge in [0.2, 0.25) is 0 Å². The van der Waals surface area contributed by atoms with Gasteiger partial charge in [0.25, 0.3) is 0 Å². The molecule has 0 aliphatic rings. The molecule has 2 aromatic heterocycles. The minimum atomic E-state index is 0.480. The average Bonchev–Trinajstić information content (AvgIpc) is 2.86. The largest absolute Gasteiger partial charge is 0.382 e. The highest BCUT2D eigenvalue weighted by molar-refractivity contribution is 6.36. The highest BCUT2D eigenvalue weighted by Crippen LogP contribution is 2.37. The highest BCUT2D eigenvalue weighted by Gasteiger charge is 2.17. The van der Waals surface area contributed by atoms with Crippen molar-refractivity contribution in [3.05, 3.63) is 35.0 Å². The molecule has 0 radical (unpaired) electrons. The maximum absolute atomic E-state index is 6.33. The molecular weight excluding hydrogens is 248 g/mol. The number of halogens is 1. The monoisotopic (exact) mass is 260 g/mol. The summed E-state index contributed by atoms with van der Waals surface area (Å²) in [5.74, 6) is 0.480. The molecule has 18 heavy (non-hydrogen) atoms. The minimum absolute atomic E-state index is 0.480. The van der Waals surface area contributed by atoms with Crippen molar-refractivity contribution >= 4 is 28.3 Å². The third-order valence-electron chi connectivity index (χ3n) is 3.33. The van der Waals surface area contributed by atoms with Gasteiger partial charge in [-0.2, -0.15) is 5.10 Å². The molecule has 0 spiro atoms. The molecule has 0 unspecified atom stereocenters. The van der Waals surface area contributed by atoms with Gasteiger partial charge in [0.1, 0.15) is 5.82 Å². The summed E-state index contributed by atoms with van der Waals surface area (Å²) < 4.78 is 2.12. The molecule has 0 saturated heterocycles. The number of hydrogen-bond donors (Lipinski definition) is 2. The number of nitrogens with zero attached hydrogens (tertiary/aromatic N) is 2. The normalized spacial score (nSPS) is 11.3. The van der Waals surface area contributed by atoms with E-state index in [0.29, 0.717) is 5.82 Å². The van der Waals surface area contributed by atoms with Crippen molar-refractivity contribution < 1.29 is 0 Å². The first-order valence-corrected chi connectivity index (χ1v) is 6.02. The standard InChI is InChI=1S/C13H13ClN4/c1-7-12(9-6-11(15)17-16-9)13-8(14)4-3-5-10(13)18(7)2/h3-6H,1-2H3,(H3,15,16,17). The van der Waals surface area contributed by atoms with Gasteiger partial charge in [0.15, 0.2) is 0 Å². The summed E-state index contributed by atoms with van der Waals surface area (Å²) in [6, 6.07) is 7.73. The molecule has 3 N–H and O–H groups in total. The maximum Gasteiger partial charge on any atom is 0.145 e. The lowest BCUT2D eigenvalue weighted by atomic mass is 10.1. The molecule has 4 nitrogen and oxygen atoms in total. The molecular formula is C13H13ClN4. The SMILES string of the molecule is Cc1c(-c2cc(N)n[nH]2)c2c(Cl)cccc2n1C. The van der Waals surface area contributed by atoms with E-state index in [1.54, 1.807) is 0 Å². The molecule has 3 rings (SSSR count). The van der Waals surface area contributed by atoms with Crippen LogP contribution >= 0.6 is 11.6 Å². The van der Waals surface area contributed by atoms with Crippen LogP contribution in [0.3, 0.4) is 0 Å². The van der Waals surface area contributed by atoms with Crippen molar-refractivity contribution in [3.8, 4) is 11.3 Å². The van der Waals surface area contributed by atoms with Crippen LogP contribution in [0.15, 0.2) is 24.3 Å². The van der Waals surface area contributed by atoms with Gasteiger partial charge in [-0.15, -0.1) is 0 Å². The number of aryl methyl sites for hydroxylation is 1. The molecule has 0 bridgehead atoms. The zero-order chi connectivity index (χ0) is 12.9. The number of rotatable bonds is 1. The van der Waals surface area contributed by atoms with Crippen molar-refractivity contribution in [2.75, 3.05) is 5.73 Å². The lowest BCUT2D eigenvalue weighted by molar-refractivity contribution is 0.918. The first-order valence-electron chi connectivity index (χ1n) is 5.64. The number of hydrogen-bond acceptors (Lipinski definition) is 2. The number of aromatic amines is 1. The van der Waals surface area contributed by atoms with E-state index in [4.69, 9.17) is 17.3 Å². The molecule has 0 aliphatic carbocycles. The van der Waals surface area contributed by atoms with Crippen LogP contribution in [0.2, 0.25) is 5.02 Å². The number of benzene rings is 1. The number of H-pyrrole nitrogens is 1. The topological polar surface area (TPSA) is 59.6 Å². The lowest BCUT2D eigenvalue weighted by Crippen LogP contribution is -1.90. The Kier molecular flexibility index (Phi) is 2.35. The Morgan fingerprint density at radius 2 is 2.17 bits per heavy atom. The zero-order valence-electron chi connectivity index (χ0n) is 10.2. The third kappa shape index (κ3) is 1.42. The van der Waals surface area contributed by atoms with Crippen molar-refractivity contribution in [2.24, 2.45) is 7.05 Å². The smallest absolute Gasteiger partial charge is 0.145 e. The van der Waals surface area contributed by atoms with Gasteiger partial charge in [-0.1, -0.05) is 17.7 Å². The van der Waals surface area contributed by atoms with Gasteiger partial charge in [-0.05, 0) is 19.1 Å². The minimum Gasteiger partial charge on any atom is -0.382 e. The van der Waals surface area contributed by atoms with Crippen LogP contribution in [-0.2, 0) is 7.05 Å². The van der Waals surface area contributed by atoms with E-state index < -0.39 is 0 Å². The van der Waals surface area contributed by atoms with E-state index in [2.05, 4.69) is 27.8 Å². The van der Waals surface area contributed by atoms with E-state index in [1.165, 1.54) is 0 Å². The van der Waals surface area contributed by atoms with Gasteiger partial charge in [0, 0.05) is 29.8 Å². The number of nitrogens with one attached hydrogen (secondary N) is 1. The van der Waals surface area contributed by atoms with Gasteiger partial charge in [-0.3, -0.25) is 5.10 Å². The fraction of sp³-hybridized carbons (Fsp3) is 0.154. The second-order valence-electron chi connectivity index (χ2n) is 4.36. The van der Waals surface area contributed by atoms with E-state index in [-0.39, 0.29) is 0 Å². The van der Waals surface area contributed by atoms with E-state index in [9.17, 15) is 0 Å². The fourth-order valence-electron chi connectivity index (χ4n) is 2.36. The van der Waals surface area contributed by atoms with E-state index in [1.807, 2.05) is 25.2 Å². The van der Waals surface area contributed by atoms with Gasteiger partial charge < -0.3 is 10.3 Å². The second kappa shape index (κ2) is 3.78. The number of aromatic nitrogens is 3. The molecule has 0 amide bonds. The number of anilines is 1. The second-order valence-corrected chi connectivity index (χ2v) is 4.77. The average molecular weight is 261 g/mol. The quantitative estimate of drug-likeness (QED) is 0.706. The summed E-state index contributed by atoms with van der Waals surface area (Å²) >= 11 is 6.33. The summed E-state index contributed by atoms with van der Waals surface area (Å²) in [6.07, 6.45) is 0. The van der Waals surface area contributed by atoms with Crippen molar-refractivity contribution in [3.63, 3.8) is 0 Å². The Labute approximate surface area is 109 Å². The summed E-state index contributed by atoms with van der Waals surface area (Å²) in [7, 11) is 2.03. The number of nitrogens with two attached hydrogens (primary N) is 1. The van der Waals surface area contributed by atoms with Crippen LogP contribution in [0.4, 0.5) is 5.82 Å². The predicted octanol–water partition coefficient (Wildman–Crippen LogP) is 3.11. The summed E-state index contributed by atoms with van der Waals surface area (Å²) in [6.45, 7) is 2.06. The first kappa shape index (κ1) is 11.2. The van der Waals surface area contributed by atoms with Gasteiger partial charge in [0.05, 0.1) is 16.2 Å². The Morgan fingerprint density at radius 1 is 1.39 bits per heavy atom. The zero-order valence-corrected chi connectivity index (χ0v) is 10.9. The molecule has 1 aromatic carbocycles. The van der Waals surface area contributed by atoms with Gasteiger partial charge in [-0.25, -0.2) is 0 Å². The number of nitrogen functional groups attached to an aromatic ring is 1. The third-order valence-corrected chi connectivity index (χ3v) is 3.65. The summed E-state index contributed by atoms with van der Waals surface area (Å²) in [5.41, 5.74) is 9.85. The molecule has 2 heterocycles. The molecule has 0 atom stereocenters. The van der Waals surface area contributed by atoms with Crippen LogP contribution in [0.5, 0.6) is 0 Å². The summed E-state index contributed by atoms with van der Waals surface area (Å²) in [4.78, 5) is 0. The van der Waals surface area contributed by atoms with Crippen LogP contribution in [-0.4, -0.2) is 14.8 Å². The Hall–Kier alpha value is -1.94. The molecule has 0 aliphatic heterocycles. The highest BCUT2D eigenvalue weighted by atomic mass is 35.5. The number of fused-ring (bicyclic) bond motifs is 1. The maximum atomic E-state index is 6.33. The molecule has 3 aromatic rings. The molecule has 5 heteroatoms. The summed E-state index contributed by atoms with van der Waals surface area (Å²) in [5, 5.41) is 8.69. The fourth-order valence-corrected chi connectivity index (χ4v) is 2.63. The Bertz CT molecular complexity index is 739. The molecule has 0 saturated carbocycles. The predicted molar refractivity (Wildman–Crippen MR) is 74.7 cm³/mol. The van der Waals surface area contributed by atoms with Crippen LogP contribution in [0.1, 0.15) is 5.69 Å². The van der Waals surface area contributed by atoms with Crippen molar-refractivity contribution in [2.45, 2.75) is 6.92 Å². The Balaban J connectivity index is 2.45. The Morgan fingerprint density at radius 3 is 2.83 bits per heavy atom. The molecule has 92 valence electrons. The van der Waals surface area contributed by atoms with E-state index in [0.717, 1.165) is 32.9 Å². The first-order chi connectivity index (χ1) is 8.59. The molecule has 0 fully saturated rings. The van der Waals surface area contributed by atoms with Crippen molar-refractivity contribution in [1.29, 1.82) is 0 Å².